The van der Waals surface area contributed by atoms with Gasteiger partial charge in [0, 0.05) is 8.95 Å². The van der Waals surface area contributed by atoms with Gasteiger partial charge in [0.05, 0.1) is 11.3 Å². The van der Waals surface area contributed by atoms with Crippen LogP contribution in [0.4, 0.5) is 5.69 Å². The maximum absolute atomic E-state index is 11.8. The van der Waals surface area contributed by atoms with Gasteiger partial charge in [-0.3, -0.25) is 4.79 Å². The van der Waals surface area contributed by atoms with Gasteiger partial charge in [0.15, 0.2) is 23.9 Å². The van der Waals surface area contributed by atoms with Gasteiger partial charge in [-0.25, -0.2) is 4.79 Å². The van der Waals surface area contributed by atoms with E-state index in [2.05, 4.69) is 37.2 Å². The molecule has 0 bridgehead atoms. The molecule has 2 rings (SSSR count). The molecule has 0 aliphatic rings. The molecular weight excluding hydrogens is 450 g/mol. The third-order valence-electron chi connectivity index (χ3n) is 2.84. The number of carbonyl (C=O) groups excluding carboxylic acids is 2. The Hall–Kier alpha value is -2.26. The Morgan fingerprint density at radius 3 is 2.25 bits per heavy atom. The third-order valence-corrected chi connectivity index (χ3v) is 3.99. The Morgan fingerprint density at radius 2 is 1.67 bits per heavy atom. The number of nitrogens with one attached hydrogen (secondary N) is 1. The minimum atomic E-state index is -0.939. The van der Waals surface area contributed by atoms with Crippen molar-refractivity contribution < 1.29 is 29.6 Å². The fourth-order valence-corrected chi connectivity index (χ4v) is 2.86. The fraction of sp³-hybridized carbons (Fsp3) is 0.0667. The van der Waals surface area contributed by atoms with Gasteiger partial charge >= 0.3 is 5.97 Å². The van der Waals surface area contributed by atoms with E-state index in [1.165, 1.54) is 0 Å². The molecule has 9 heteroatoms. The highest BCUT2D eigenvalue weighted by atomic mass is 79.9. The Labute approximate surface area is 153 Å². The summed E-state index contributed by atoms with van der Waals surface area (Å²) in [6, 6.07) is 6.96. The lowest BCUT2D eigenvalue weighted by molar-refractivity contribution is -0.119. The second kappa shape index (κ2) is 7.54. The monoisotopic (exact) mass is 459 g/mol. The molecule has 0 saturated heterocycles. The first-order chi connectivity index (χ1) is 11.3. The molecule has 0 fully saturated rings. The van der Waals surface area contributed by atoms with Crippen LogP contribution in [0.3, 0.4) is 0 Å². The number of ether oxygens (including phenoxy) is 1. The molecule has 0 heterocycles. The van der Waals surface area contributed by atoms with E-state index in [9.17, 15) is 24.9 Å². The number of amides is 1. The number of phenolic OH excluding ortho intramolecular Hbond substituents is 3. The van der Waals surface area contributed by atoms with E-state index in [1.54, 1.807) is 18.2 Å². The van der Waals surface area contributed by atoms with E-state index in [0.29, 0.717) is 10.2 Å². The smallest absolute Gasteiger partial charge is 0.338 e. The predicted molar refractivity (Wildman–Crippen MR) is 92.2 cm³/mol. The van der Waals surface area contributed by atoms with Crippen molar-refractivity contribution in [2.75, 3.05) is 11.9 Å². The molecular formula is C15H11Br2NO6. The van der Waals surface area contributed by atoms with E-state index < -0.39 is 35.7 Å². The van der Waals surface area contributed by atoms with Gasteiger partial charge in [0.1, 0.15) is 0 Å². The highest BCUT2D eigenvalue weighted by Crippen LogP contribution is 2.35. The van der Waals surface area contributed by atoms with Crippen molar-refractivity contribution in [2.24, 2.45) is 0 Å². The van der Waals surface area contributed by atoms with Crippen molar-refractivity contribution in [3.63, 3.8) is 0 Å². The van der Waals surface area contributed by atoms with Gasteiger partial charge in [-0.05, 0) is 46.3 Å². The molecule has 0 aliphatic carbocycles. The van der Waals surface area contributed by atoms with Crippen LogP contribution in [0.2, 0.25) is 0 Å². The molecule has 4 N–H and O–H groups in total. The second-order valence-corrected chi connectivity index (χ2v) is 6.38. The summed E-state index contributed by atoms with van der Waals surface area (Å²) in [5.74, 6) is -3.61. The molecule has 0 aromatic heterocycles. The molecule has 0 atom stereocenters. The Kier molecular flexibility index (Phi) is 5.68. The van der Waals surface area contributed by atoms with Crippen LogP contribution >= 0.6 is 31.9 Å². The number of phenols is 3. The lowest BCUT2D eigenvalue weighted by Gasteiger charge is -2.09. The lowest BCUT2D eigenvalue weighted by atomic mass is 10.2. The first-order valence-corrected chi connectivity index (χ1v) is 8.03. The minimum absolute atomic E-state index is 0.208. The number of benzene rings is 2. The number of hydrogen-bond donors (Lipinski definition) is 4. The summed E-state index contributed by atoms with van der Waals surface area (Å²) in [5.41, 5.74) is 0.291. The summed E-state index contributed by atoms with van der Waals surface area (Å²) < 4.78 is 6.26. The van der Waals surface area contributed by atoms with Gasteiger partial charge in [-0.15, -0.1) is 0 Å². The van der Waals surface area contributed by atoms with Crippen molar-refractivity contribution in [1.29, 1.82) is 0 Å². The molecule has 0 unspecified atom stereocenters. The molecule has 0 spiro atoms. The summed E-state index contributed by atoms with van der Waals surface area (Å²) in [7, 11) is 0. The average molecular weight is 461 g/mol. The summed E-state index contributed by atoms with van der Waals surface area (Å²) >= 11 is 6.57. The molecule has 24 heavy (non-hydrogen) atoms. The zero-order valence-corrected chi connectivity index (χ0v) is 15.1. The average Bonchev–Trinajstić information content (AvgIpc) is 2.52. The normalized spacial score (nSPS) is 10.2. The topological polar surface area (TPSA) is 116 Å². The Balaban J connectivity index is 1.97. The van der Waals surface area contributed by atoms with Crippen LogP contribution in [0.25, 0.3) is 0 Å². The molecule has 0 aliphatic heterocycles. The molecule has 1 amide bonds. The summed E-state index contributed by atoms with van der Waals surface area (Å²) in [6.45, 7) is -0.566. The van der Waals surface area contributed by atoms with Gasteiger partial charge in [-0.2, -0.15) is 0 Å². The van der Waals surface area contributed by atoms with Crippen molar-refractivity contribution in [2.45, 2.75) is 0 Å². The maximum Gasteiger partial charge on any atom is 0.338 e. The number of esters is 1. The van der Waals surface area contributed by atoms with E-state index in [-0.39, 0.29) is 5.56 Å². The summed E-state index contributed by atoms with van der Waals surface area (Å²) in [4.78, 5) is 23.6. The molecule has 0 saturated carbocycles. The molecule has 2 aromatic rings. The first-order valence-electron chi connectivity index (χ1n) is 6.45. The second-order valence-electron chi connectivity index (χ2n) is 4.61. The van der Waals surface area contributed by atoms with Crippen molar-refractivity contribution in [1.82, 2.24) is 0 Å². The van der Waals surface area contributed by atoms with Crippen LogP contribution in [0.5, 0.6) is 17.2 Å². The maximum atomic E-state index is 11.8. The highest BCUT2D eigenvalue weighted by Gasteiger charge is 2.16. The highest BCUT2D eigenvalue weighted by molar-refractivity contribution is 9.11. The van der Waals surface area contributed by atoms with E-state index in [1.807, 2.05) is 0 Å². The van der Waals surface area contributed by atoms with Gasteiger partial charge in [0.2, 0.25) is 0 Å². The molecule has 2 aromatic carbocycles. The summed E-state index contributed by atoms with van der Waals surface area (Å²) in [6.07, 6.45) is 0. The van der Waals surface area contributed by atoms with Crippen LogP contribution in [0, 0.1) is 0 Å². The van der Waals surface area contributed by atoms with Crippen LogP contribution in [-0.4, -0.2) is 33.8 Å². The number of aromatic hydroxyl groups is 3. The third kappa shape index (κ3) is 4.39. The number of carbonyl (C=O) groups is 2. The number of rotatable bonds is 4. The zero-order chi connectivity index (χ0) is 17.9. The quantitative estimate of drug-likeness (QED) is 0.411. The van der Waals surface area contributed by atoms with Crippen LogP contribution in [-0.2, 0) is 9.53 Å². The summed E-state index contributed by atoms with van der Waals surface area (Å²) in [5, 5.41) is 30.5. The van der Waals surface area contributed by atoms with E-state index >= 15 is 0 Å². The van der Waals surface area contributed by atoms with E-state index in [4.69, 9.17) is 4.74 Å². The zero-order valence-electron chi connectivity index (χ0n) is 11.9. The number of hydrogen-bond acceptors (Lipinski definition) is 6. The standard InChI is InChI=1S/C15H11Br2NO6/c16-8-1-2-10(9(17)5-8)18-13(21)6-24-15(23)7-3-11(19)14(22)12(20)4-7/h1-5,19-20,22H,6H2,(H,18,21). The van der Waals surface area contributed by atoms with E-state index in [0.717, 1.165) is 16.6 Å². The largest absolute Gasteiger partial charge is 0.504 e. The minimum Gasteiger partial charge on any atom is -0.504 e. The lowest BCUT2D eigenvalue weighted by Crippen LogP contribution is -2.21. The predicted octanol–water partition coefficient (Wildman–Crippen LogP) is 3.12. The molecule has 7 nitrogen and oxygen atoms in total. The first kappa shape index (κ1) is 18.1. The number of halogens is 2. The van der Waals surface area contributed by atoms with Crippen molar-refractivity contribution in [3.05, 3.63) is 44.8 Å². The van der Waals surface area contributed by atoms with Crippen LogP contribution in [0.15, 0.2) is 39.3 Å². The Morgan fingerprint density at radius 1 is 1.04 bits per heavy atom. The molecule has 0 radical (unpaired) electrons. The van der Waals surface area contributed by atoms with Crippen LogP contribution < -0.4 is 5.32 Å². The van der Waals surface area contributed by atoms with Crippen LogP contribution in [0.1, 0.15) is 10.4 Å². The Bertz CT molecular complexity index is 786. The van der Waals surface area contributed by atoms with Gasteiger partial charge < -0.3 is 25.4 Å². The number of anilines is 1. The van der Waals surface area contributed by atoms with Gasteiger partial charge in [0.25, 0.3) is 5.91 Å². The molecule has 126 valence electrons. The fourth-order valence-electron chi connectivity index (χ4n) is 1.71. The van der Waals surface area contributed by atoms with Gasteiger partial charge in [-0.1, -0.05) is 15.9 Å². The van der Waals surface area contributed by atoms with Crippen molar-refractivity contribution in [3.8, 4) is 17.2 Å². The van der Waals surface area contributed by atoms with Crippen molar-refractivity contribution >= 4 is 49.4 Å². The SMILES string of the molecule is O=C(COC(=O)c1cc(O)c(O)c(O)c1)Nc1ccc(Br)cc1Br.